The number of hydrogen-bond donors (Lipinski definition) is 2. The molecule has 0 fully saturated rings. The maximum absolute atomic E-state index is 5.46. The van der Waals surface area contributed by atoms with Crippen LogP contribution in [0.2, 0.25) is 0 Å². The van der Waals surface area contributed by atoms with Crippen molar-refractivity contribution in [3.8, 4) is 28.1 Å². The summed E-state index contributed by atoms with van der Waals surface area (Å²) in [5.41, 5.74) is 14.0. The van der Waals surface area contributed by atoms with Crippen molar-refractivity contribution in [2.45, 2.75) is 0 Å². The topological polar surface area (TPSA) is 68.2 Å². The minimum atomic E-state index is 0.116. The minimum absolute atomic E-state index is 0.116. The summed E-state index contributed by atoms with van der Waals surface area (Å²) in [7, 11) is 0. The van der Waals surface area contributed by atoms with E-state index in [-0.39, 0.29) is 5.11 Å². The Morgan fingerprint density at radius 3 is 2.10 bits per heavy atom. The monoisotopic (exact) mass is 397 g/mol. The quantitative estimate of drug-likeness (QED) is 0.298. The van der Waals surface area contributed by atoms with Gasteiger partial charge in [0.15, 0.2) is 5.11 Å². The van der Waals surface area contributed by atoms with Gasteiger partial charge in [-0.15, -0.1) is 0 Å². The fourth-order valence-electron chi connectivity index (χ4n) is 3.04. The van der Waals surface area contributed by atoms with Crippen LogP contribution >= 0.6 is 12.2 Å². The number of thiocarbonyl (C=S) groups is 1. The average Bonchev–Trinajstić information content (AvgIpc) is 3.19. The van der Waals surface area contributed by atoms with Crippen molar-refractivity contribution in [1.82, 2.24) is 15.2 Å². The van der Waals surface area contributed by atoms with Gasteiger partial charge in [-0.05, 0) is 35.5 Å². The Hall–Kier alpha value is -3.77. The van der Waals surface area contributed by atoms with E-state index in [1.54, 1.807) is 6.21 Å². The molecule has 0 unspecified atom stereocenters. The third-order valence-corrected chi connectivity index (χ3v) is 4.50. The molecule has 0 atom stereocenters. The lowest BCUT2D eigenvalue weighted by Crippen LogP contribution is -2.24. The lowest BCUT2D eigenvalue weighted by molar-refractivity contribution is 0.884. The van der Waals surface area contributed by atoms with Crippen LogP contribution in [0.25, 0.3) is 28.1 Å². The molecule has 1 aromatic heterocycles. The molecule has 3 aromatic carbocycles. The highest BCUT2D eigenvalue weighted by Gasteiger charge is 2.11. The lowest BCUT2D eigenvalue weighted by Gasteiger charge is -2.04. The number of nitrogens with zero attached hydrogens (tertiary/aromatic N) is 3. The third-order valence-electron chi connectivity index (χ3n) is 4.41. The second-order valence-corrected chi connectivity index (χ2v) is 6.83. The first-order valence-electron chi connectivity index (χ1n) is 9.10. The molecule has 4 aromatic rings. The summed E-state index contributed by atoms with van der Waals surface area (Å²) >= 11 is 4.81. The SMILES string of the molecule is NC(=S)N/N=C/c1cn(-c2ccccc2)nc1-c1ccc(-c2ccccc2)cc1. The standard InChI is InChI=1S/C23H19N5S/c24-23(29)26-25-15-20-16-28(21-9-5-2-6-10-21)27-22(20)19-13-11-18(12-14-19)17-7-3-1-4-8-17/h1-16H,(H3,24,26,29)/b25-15+. The normalized spacial score (nSPS) is 10.9. The van der Waals surface area contributed by atoms with E-state index in [0.717, 1.165) is 28.1 Å². The number of nitrogens with two attached hydrogens (primary N) is 1. The van der Waals surface area contributed by atoms with Crippen LogP contribution in [0.1, 0.15) is 5.56 Å². The van der Waals surface area contributed by atoms with E-state index in [4.69, 9.17) is 23.1 Å². The van der Waals surface area contributed by atoms with E-state index in [1.165, 1.54) is 5.56 Å². The average molecular weight is 398 g/mol. The second-order valence-electron chi connectivity index (χ2n) is 6.39. The predicted molar refractivity (Wildman–Crippen MR) is 122 cm³/mol. The summed E-state index contributed by atoms with van der Waals surface area (Å²) < 4.78 is 1.84. The fraction of sp³-hybridized carbons (Fsp3) is 0. The lowest BCUT2D eigenvalue weighted by atomic mass is 10.0. The first-order valence-corrected chi connectivity index (χ1v) is 9.51. The van der Waals surface area contributed by atoms with Crippen molar-refractivity contribution in [1.29, 1.82) is 0 Å². The van der Waals surface area contributed by atoms with E-state index in [1.807, 2.05) is 59.4 Å². The number of hydrogen-bond acceptors (Lipinski definition) is 3. The Labute approximate surface area is 174 Å². The van der Waals surface area contributed by atoms with E-state index in [2.05, 4.69) is 46.9 Å². The van der Waals surface area contributed by atoms with Crippen molar-refractivity contribution in [2.24, 2.45) is 10.8 Å². The molecule has 0 spiro atoms. The number of hydrazone groups is 1. The van der Waals surface area contributed by atoms with Crippen LogP contribution in [-0.2, 0) is 0 Å². The molecule has 4 rings (SSSR count). The molecule has 0 saturated heterocycles. The minimum Gasteiger partial charge on any atom is -0.375 e. The van der Waals surface area contributed by atoms with E-state index >= 15 is 0 Å². The van der Waals surface area contributed by atoms with Crippen molar-refractivity contribution in [3.63, 3.8) is 0 Å². The summed E-state index contributed by atoms with van der Waals surface area (Å²) in [5.74, 6) is 0. The van der Waals surface area contributed by atoms with E-state index in [9.17, 15) is 0 Å². The smallest absolute Gasteiger partial charge is 0.184 e. The van der Waals surface area contributed by atoms with E-state index < -0.39 is 0 Å². The Bertz CT molecular complexity index is 1130. The second kappa shape index (κ2) is 8.50. The molecule has 0 radical (unpaired) electrons. The number of para-hydroxylation sites is 1. The number of rotatable bonds is 5. The molecule has 3 N–H and O–H groups in total. The van der Waals surface area contributed by atoms with Gasteiger partial charge in [0.05, 0.1) is 11.9 Å². The fourth-order valence-corrected chi connectivity index (χ4v) is 3.09. The molecule has 0 bridgehead atoms. The summed E-state index contributed by atoms with van der Waals surface area (Å²) in [6.07, 6.45) is 3.60. The molecule has 0 saturated carbocycles. The Balaban J connectivity index is 1.72. The molecule has 0 aliphatic carbocycles. The van der Waals surface area contributed by atoms with Gasteiger partial charge >= 0.3 is 0 Å². The molecule has 0 aliphatic heterocycles. The van der Waals surface area contributed by atoms with Gasteiger partial charge in [-0.3, -0.25) is 5.43 Å². The highest BCUT2D eigenvalue weighted by Crippen LogP contribution is 2.26. The molecular formula is C23H19N5S. The van der Waals surface area contributed by atoms with Crippen LogP contribution in [0.4, 0.5) is 0 Å². The number of aromatic nitrogens is 2. The van der Waals surface area contributed by atoms with Gasteiger partial charge in [0, 0.05) is 17.3 Å². The van der Waals surface area contributed by atoms with Gasteiger partial charge in [-0.2, -0.15) is 10.2 Å². The van der Waals surface area contributed by atoms with Crippen molar-refractivity contribution >= 4 is 23.5 Å². The first kappa shape index (κ1) is 18.6. The third kappa shape index (κ3) is 4.39. The summed E-state index contributed by atoms with van der Waals surface area (Å²) in [4.78, 5) is 0. The Morgan fingerprint density at radius 1 is 0.862 bits per heavy atom. The Morgan fingerprint density at radius 2 is 1.45 bits per heavy atom. The van der Waals surface area contributed by atoms with Crippen LogP contribution in [-0.4, -0.2) is 21.1 Å². The summed E-state index contributed by atoms with van der Waals surface area (Å²) in [6, 6.07) is 28.6. The molecule has 142 valence electrons. The first-order chi connectivity index (χ1) is 14.2. The zero-order chi connectivity index (χ0) is 20.1. The molecular weight excluding hydrogens is 378 g/mol. The zero-order valence-electron chi connectivity index (χ0n) is 15.6. The maximum atomic E-state index is 5.46. The summed E-state index contributed by atoms with van der Waals surface area (Å²) in [6.45, 7) is 0. The predicted octanol–water partition coefficient (Wildman–Crippen LogP) is 4.37. The highest BCUT2D eigenvalue weighted by molar-refractivity contribution is 7.80. The largest absolute Gasteiger partial charge is 0.375 e. The van der Waals surface area contributed by atoms with Crippen molar-refractivity contribution in [3.05, 3.63) is 96.7 Å². The van der Waals surface area contributed by atoms with Crippen LogP contribution in [0, 0.1) is 0 Å². The van der Waals surface area contributed by atoms with Crippen LogP contribution in [0.5, 0.6) is 0 Å². The van der Waals surface area contributed by atoms with Crippen LogP contribution in [0.15, 0.2) is 96.2 Å². The van der Waals surface area contributed by atoms with Crippen molar-refractivity contribution in [2.75, 3.05) is 0 Å². The van der Waals surface area contributed by atoms with Gasteiger partial charge < -0.3 is 5.73 Å². The number of nitrogens with one attached hydrogen (secondary N) is 1. The van der Waals surface area contributed by atoms with Gasteiger partial charge in [-0.1, -0.05) is 72.8 Å². The highest BCUT2D eigenvalue weighted by atomic mass is 32.1. The Kier molecular flexibility index (Phi) is 5.45. The molecule has 0 amide bonds. The van der Waals surface area contributed by atoms with Gasteiger partial charge in [0.1, 0.15) is 5.69 Å². The molecule has 6 heteroatoms. The molecule has 0 aliphatic rings. The van der Waals surface area contributed by atoms with Gasteiger partial charge in [0.2, 0.25) is 0 Å². The van der Waals surface area contributed by atoms with Gasteiger partial charge in [-0.25, -0.2) is 4.68 Å². The van der Waals surface area contributed by atoms with Crippen LogP contribution < -0.4 is 11.2 Å². The van der Waals surface area contributed by atoms with Gasteiger partial charge in [0.25, 0.3) is 0 Å². The van der Waals surface area contributed by atoms with E-state index in [0.29, 0.717) is 0 Å². The summed E-state index contributed by atoms with van der Waals surface area (Å²) in [5, 5.41) is 9.01. The molecule has 1 heterocycles. The molecule has 29 heavy (non-hydrogen) atoms. The maximum Gasteiger partial charge on any atom is 0.184 e. The molecule has 5 nitrogen and oxygen atoms in total. The zero-order valence-corrected chi connectivity index (χ0v) is 16.4. The van der Waals surface area contributed by atoms with Crippen LogP contribution in [0.3, 0.4) is 0 Å². The van der Waals surface area contributed by atoms with Crippen molar-refractivity contribution < 1.29 is 0 Å². The number of benzene rings is 3.